The first-order chi connectivity index (χ1) is 5.18. The molecule has 0 amide bonds. The minimum Gasteiger partial charge on any atom is -0.760 e. The molecule has 0 fully saturated rings. The van der Waals surface area contributed by atoms with Crippen LogP contribution < -0.4 is 4.72 Å². The largest absolute Gasteiger partial charge is 0.760 e. The summed E-state index contributed by atoms with van der Waals surface area (Å²) < 4.78 is 21.0. The van der Waals surface area contributed by atoms with Crippen LogP contribution in [0.5, 0.6) is 0 Å². The molecule has 0 aromatic heterocycles. The number of aliphatic hydroxyl groups excluding tert-OH is 1. The maximum atomic E-state index is 9.54. The van der Waals surface area contributed by atoms with Gasteiger partial charge in [0.25, 0.3) is 0 Å². The van der Waals surface area contributed by atoms with E-state index in [2.05, 4.69) is 13.8 Å². The van der Waals surface area contributed by atoms with Gasteiger partial charge in [-0.3, -0.25) is 4.21 Å². The molecule has 1 unspecified atom stereocenters. The molecule has 0 aliphatic rings. The molecule has 11 heavy (non-hydrogen) atoms. The summed E-state index contributed by atoms with van der Waals surface area (Å²) in [5.74, 6) is 0. The standard InChI is InChI=1S/C4H10.C2H7NO3S/c1-3-4-2;4-2-1-3-7(5)6/h3-4H2,1-2H3;3-4H,1-2H2,(H,5,6)/p-1. The lowest BCUT2D eigenvalue weighted by atomic mass is 10.4. The zero-order chi connectivity index (χ0) is 9.11. The normalized spacial score (nSPS) is 11.6. The Bertz CT molecular complexity index is 87.9. The van der Waals surface area contributed by atoms with Crippen molar-refractivity contribution >= 4 is 11.3 Å². The van der Waals surface area contributed by atoms with Gasteiger partial charge in [-0.2, -0.15) is 0 Å². The number of hydrogen-bond donors (Lipinski definition) is 2. The van der Waals surface area contributed by atoms with E-state index in [-0.39, 0.29) is 13.2 Å². The van der Waals surface area contributed by atoms with E-state index < -0.39 is 11.3 Å². The first-order valence-corrected chi connectivity index (χ1v) is 4.70. The van der Waals surface area contributed by atoms with Gasteiger partial charge >= 0.3 is 0 Å². The highest BCUT2D eigenvalue weighted by Crippen LogP contribution is 1.76. The van der Waals surface area contributed by atoms with Crippen LogP contribution in [0, 0.1) is 0 Å². The van der Waals surface area contributed by atoms with E-state index in [9.17, 15) is 8.76 Å². The lowest BCUT2D eigenvalue weighted by molar-refractivity contribution is 0.300. The van der Waals surface area contributed by atoms with Crippen LogP contribution in [0.1, 0.15) is 26.7 Å². The number of unbranched alkanes of at least 4 members (excludes halogenated alkanes) is 1. The number of hydrogen-bond acceptors (Lipinski definition) is 3. The summed E-state index contributed by atoms with van der Waals surface area (Å²) >= 11 is -2.23. The fraction of sp³-hybridized carbons (Fsp3) is 1.00. The van der Waals surface area contributed by atoms with Gasteiger partial charge in [0.15, 0.2) is 0 Å². The van der Waals surface area contributed by atoms with Crippen molar-refractivity contribution in [3.63, 3.8) is 0 Å². The zero-order valence-corrected chi connectivity index (χ0v) is 7.82. The van der Waals surface area contributed by atoms with E-state index in [4.69, 9.17) is 5.11 Å². The molecule has 0 rings (SSSR count). The molecule has 0 saturated heterocycles. The lowest BCUT2D eigenvalue weighted by Crippen LogP contribution is -2.19. The predicted molar refractivity (Wildman–Crippen MR) is 44.6 cm³/mol. The van der Waals surface area contributed by atoms with Crippen LogP contribution in [-0.4, -0.2) is 27.0 Å². The molecule has 0 aromatic carbocycles. The highest BCUT2D eigenvalue weighted by Gasteiger charge is 1.76. The number of aliphatic hydroxyl groups is 1. The Hall–Kier alpha value is 0.0300. The fourth-order valence-corrected chi connectivity index (χ4v) is 0.387. The van der Waals surface area contributed by atoms with Gasteiger partial charge in [-0.25, -0.2) is 4.72 Å². The molecular formula is C6H16NO3S-. The summed E-state index contributed by atoms with van der Waals surface area (Å²) in [6.45, 7) is 4.30. The van der Waals surface area contributed by atoms with Crippen LogP contribution in [0.25, 0.3) is 0 Å². The van der Waals surface area contributed by atoms with Crippen LogP contribution in [0.15, 0.2) is 0 Å². The molecular weight excluding hydrogens is 166 g/mol. The van der Waals surface area contributed by atoms with Crippen molar-refractivity contribution < 1.29 is 13.9 Å². The summed E-state index contributed by atoms with van der Waals surface area (Å²) in [5.41, 5.74) is 0. The number of rotatable bonds is 4. The molecule has 0 saturated carbocycles. The molecule has 0 radical (unpaired) electrons. The highest BCUT2D eigenvalue weighted by atomic mass is 32.2. The van der Waals surface area contributed by atoms with Crippen LogP contribution in [0.2, 0.25) is 0 Å². The van der Waals surface area contributed by atoms with Crippen molar-refractivity contribution in [2.45, 2.75) is 26.7 Å². The van der Waals surface area contributed by atoms with E-state index in [1.54, 1.807) is 0 Å². The van der Waals surface area contributed by atoms with Crippen LogP contribution in [0.4, 0.5) is 0 Å². The van der Waals surface area contributed by atoms with Crippen LogP contribution in [0.3, 0.4) is 0 Å². The third kappa shape index (κ3) is 25.6. The van der Waals surface area contributed by atoms with Gasteiger partial charge in [0.05, 0.1) is 6.61 Å². The molecule has 0 aliphatic heterocycles. The maximum Gasteiger partial charge on any atom is 0.0565 e. The second-order valence-corrected chi connectivity index (χ2v) is 2.61. The Kier molecular flexibility index (Phi) is 15.7. The van der Waals surface area contributed by atoms with Crippen LogP contribution in [-0.2, 0) is 11.3 Å². The molecule has 0 bridgehead atoms. The lowest BCUT2D eigenvalue weighted by Gasteiger charge is -2.02. The Morgan fingerprint density at radius 1 is 1.45 bits per heavy atom. The van der Waals surface area contributed by atoms with Gasteiger partial charge in [-0.05, 0) is 0 Å². The van der Waals surface area contributed by atoms with Gasteiger partial charge in [0.2, 0.25) is 0 Å². The van der Waals surface area contributed by atoms with Crippen molar-refractivity contribution in [2.75, 3.05) is 13.2 Å². The van der Waals surface area contributed by atoms with E-state index in [1.165, 1.54) is 12.8 Å². The summed E-state index contributed by atoms with van der Waals surface area (Å²) in [6.07, 6.45) is 2.64. The van der Waals surface area contributed by atoms with E-state index in [1.807, 2.05) is 4.72 Å². The molecule has 5 heteroatoms. The van der Waals surface area contributed by atoms with Crippen molar-refractivity contribution in [2.24, 2.45) is 0 Å². The maximum absolute atomic E-state index is 9.54. The van der Waals surface area contributed by atoms with Crippen molar-refractivity contribution in [3.05, 3.63) is 0 Å². The molecule has 0 aromatic rings. The molecule has 2 N–H and O–H groups in total. The second-order valence-electron chi connectivity index (χ2n) is 1.85. The number of nitrogens with one attached hydrogen (secondary N) is 1. The summed E-state index contributed by atoms with van der Waals surface area (Å²) in [7, 11) is 0. The Morgan fingerprint density at radius 3 is 2.00 bits per heavy atom. The minimum absolute atomic E-state index is 0.0934. The predicted octanol–water partition coefficient (Wildman–Crippen LogP) is 0.169. The third-order valence-corrected chi connectivity index (χ3v) is 1.27. The summed E-state index contributed by atoms with van der Waals surface area (Å²) in [5, 5.41) is 7.98. The fourth-order valence-electron chi connectivity index (χ4n) is 0.129. The van der Waals surface area contributed by atoms with Gasteiger partial charge in [-0.15, -0.1) is 0 Å². The van der Waals surface area contributed by atoms with Crippen molar-refractivity contribution in [1.82, 2.24) is 4.72 Å². The topological polar surface area (TPSA) is 72.4 Å². The quantitative estimate of drug-likeness (QED) is 0.609. The monoisotopic (exact) mass is 182 g/mol. The average molecular weight is 182 g/mol. The first-order valence-electron chi connectivity index (χ1n) is 3.62. The molecule has 0 heterocycles. The van der Waals surface area contributed by atoms with Crippen LogP contribution >= 0.6 is 0 Å². The third-order valence-electron chi connectivity index (χ3n) is 0.832. The Morgan fingerprint density at radius 2 is 1.91 bits per heavy atom. The van der Waals surface area contributed by atoms with Gasteiger partial charge in [0.1, 0.15) is 0 Å². The van der Waals surface area contributed by atoms with Crippen molar-refractivity contribution in [3.8, 4) is 0 Å². The van der Waals surface area contributed by atoms with Gasteiger partial charge in [0, 0.05) is 17.8 Å². The highest BCUT2D eigenvalue weighted by molar-refractivity contribution is 7.77. The molecule has 1 atom stereocenters. The molecule has 70 valence electrons. The zero-order valence-electron chi connectivity index (χ0n) is 7.00. The molecule has 0 aliphatic carbocycles. The smallest absolute Gasteiger partial charge is 0.0565 e. The minimum atomic E-state index is -2.23. The average Bonchev–Trinajstić information content (AvgIpc) is 2.01. The van der Waals surface area contributed by atoms with E-state index in [0.717, 1.165) is 0 Å². The SMILES string of the molecule is CCCC.O=S([O-])NCCO. The van der Waals surface area contributed by atoms with Gasteiger partial charge in [-0.1, -0.05) is 26.7 Å². The second kappa shape index (κ2) is 12.7. The first kappa shape index (κ1) is 13.6. The molecule has 0 spiro atoms. The molecule has 4 nitrogen and oxygen atoms in total. The van der Waals surface area contributed by atoms with Gasteiger partial charge < -0.3 is 9.66 Å². The van der Waals surface area contributed by atoms with Crippen molar-refractivity contribution in [1.29, 1.82) is 0 Å². The summed E-state index contributed by atoms with van der Waals surface area (Å²) in [4.78, 5) is 0. The Labute approximate surface area is 70.4 Å². The summed E-state index contributed by atoms with van der Waals surface area (Å²) in [6, 6.07) is 0. The van der Waals surface area contributed by atoms with E-state index in [0.29, 0.717) is 0 Å². The Balaban J connectivity index is 0. The van der Waals surface area contributed by atoms with E-state index >= 15 is 0 Å².